The van der Waals surface area contributed by atoms with E-state index >= 15 is 0 Å². The van der Waals surface area contributed by atoms with E-state index in [1.165, 1.54) is 11.8 Å². The second-order valence-corrected chi connectivity index (χ2v) is 7.34. The van der Waals surface area contributed by atoms with Gasteiger partial charge in [-0.1, -0.05) is 41.6 Å². The first-order chi connectivity index (χ1) is 12.7. The topological polar surface area (TPSA) is 83.2 Å². The molecule has 8 heteroatoms. The molecule has 0 bridgehead atoms. The van der Waals surface area contributed by atoms with E-state index < -0.39 is 0 Å². The first-order valence-corrected chi connectivity index (χ1v) is 9.48. The second kappa shape index (κ2) is 7.36. The number of rotatable bonds is 5. The lowest BCUT2D eigenvalue weighted by molar-refractivity contribution is 0.103. The third-order valence-corrected chi connectivity index (χ3v) is 5.28. The summed E-state index contributed by atoms with van der Waals surface area (Å²) >= 11 is 8.08. The molecule has 2 N–H and O–H groups in total. The van der Waals surface area contributed by atoms with Crippen molar-refractivity contribution in [1.82, 2.24) is 15.0 Å². The first kappa shape index (κ1) is 17.5. The molecule has 6 nitrogen and oxygen atoms in total. The molecule has 134 valence electrons. The van der Waals surface area contributed by atoms with E-state index in [0.717, 1.165) is 33.2 Å². The Hall–Kier alpha value is -1.93. The van der Waals surface area contributed by atoms with Crippen LogP contribution in [-0.2, 0) is 22.7 Å². The summed E-state index contributed by atoms with van der Waals surface area (Å²) in [5.41, 5.74) is 8.91. The summed E-state index contributed by atoms with van der Waals surface area (Å²) in [6.45, 7) is 1.74. The van der Waals surface area contributed by atoms with Gasteiger partial charge in [-0.3, -0.25) is 0 Å². The van der Waals surface area contributed by atoms with Crippen LogP contribution in [0.2, 0.25) is 5.02 Å². The number of aromatic nitrogens is 3. The number of nitrogens with two attached hydrogens (primary N) is 1. The molecule has 0 radical (unpaired) electrons. The quantitative estimate of drug-likeness (QED) is 0.527. The molecule has 3 aromatic rings. The average molecular weight is 389 g/mol. The molecule has 0 unspecified atom stereocenters. The van der Waals surface area contributed by atoms with Gasteiger partial charge in [0.15, 0.2) is 11.0 Å². The summed E-state index contributed by atoms with van der Waals surface area (Å²) in [7, 11) is 1.66. The molecule has 1 aliphatic heterocycles. The second-order valence-electron chi connectivity index (χ2n) is 5.87. The lowest BCUT2D eigenvalue weighted by atomic mass is 9.94. The summed E-state index contributed by atoms with van der Waals surface area (Å²) in [5.74, 6) is 1.39. The van der Waals surface area contributed by atoms with Crippen molar-refractivity contribution in [2.24, 2.45) is 0 Å². The van der Waals surface area contributed by atoms with Gasteiger partial charge in [-0.2, -0.15) is 9.97 Å². The molecule has 2 aromatic carbocycles. The van der Waals surface area contributed by atoms with Gasteiger partial charge in [-0.05, 0) is 28.0 Å². The number of nitrogen functional groups attached to an aromatic ring is 1. The Labute approximate surface area is 160 Å². The van der Waals surface area contributed by atoms with Crippen molar-refractivity contribution >= 4 is 40.1 Å². The maximum absolute atomic E-state index is 6.61. The fourth-order valence-electron chi connectivity index (χ4n) is 3.11. The van der Waals surface area contributed by atoms with Gasteiger partial charge in [0.25, 0.3) is 0 Å². The molecular formula is C18H17ClN4O2S. The molecule has 0 aliphatic carbocycles. The number of methoxy groups -OCH3 is 1. The zero-order valence-electron chi connectivity index (χ0n) is 14.2. The molecular weight excluding hydrogens is 372 g/mol. The van der Waals surface area contributed by atoms with E-state index in [4.69, 9.17) is 26.8 Å². The van der Waals surface area contributed by atoms with Gasteiger partial charge in [-0.15, -0.1) is 0 Å². The molecule has 0 amide bonds. The van der Waals surface area contributed by atoms with Crippen LogP contribution in [0.3, 0.4) is 0 Å². The average Bonchev–Trinajstić information content (AvgIpc) is 2.62. The smallest absolute Gasteiger partial charge is 0.224 e. The standard InChI is InChI=1S/C18H17ClN4O2S/c1-24-5-6-26-18-22-16(21-17(20)23-18)15-12-4-2-3-10-8-25-9-11(14(10)12)7-13(15)19/h2-4,7H,5-6,8-9H2,1H3,(H2,20,21,22,23). The van der Waals surface area contributed by atoms with E-state index in [0.29, 0.717) is 35.8 Å². The maximum atomic E-state index is 6.61. The van der Waals surface area contributed by atoms with E-state index in [1.807, 2.05) is 18.2 Å². The van der Waals surface area contributed by atoms with Gasteiger partial charge >= 0.3 is 0 Å². The van der Waals surface area contributed by atoms with Crippen molar-refractivity contribution in [3.05, 3.63) is 40.4 Å². The van der Waals surface area contributed by atoms with Crippen LogP contribution >= 0.6 is 23.4 Å². The largest absolute Gasteiger partial charge is 0.384 e. The summed E-state index contributed by atoms with van der Waals surface area (Å²) in [5, 5.41) is 3.30. The fraction of sp³-hybridized carbons (Fsp3) is 0.278. The van der Waals surface area contributed by atoms with E-state index in [9.17, 15) is 0 Å². The van der Waals surface area contributed by atoms with Crippen LogP contribution in [0.4, 0.5) is 5.95 Å². The van der Waals surface area contributed by atoms with E-state index in [2.05, 4.69) is 21.0 Å². The molecule has 0 saturated carbocycles. The molecule has 0 spiro atoms. The minimum Gasteiger partial charge on any atom is -0.384 e. The number of benzene rings is 2. The highest BCUT2D eigenvalue weighted by atomic mass is 35.5. The fourth-order valence-corrected chi connectivity index (χ4v) is 4.17. The third-order valence-electron chi connectivity index (χ3n) is 4.17. The van der Waals surface area contributed by atoms with E-state index in [1.54, 1.807) is 7.11 Å². The zero-order valence-corrected chi connectivity index (χ0v) is 15.7. The van der Waals surface area contributed by atoms with Gasteiger partial charge in [0.1, 0.15) is 0 Å². The van der Waals surface area contributed by atoms with Gasteiger partial charge in [0.2, 0.25) is 5.95 Å². The number of thioether (sulfide) groups is 1. The number of nitrogens with zero attached hydrogens (tertiary/aromatic N) is 3. The van der Waals surface area contributed by atoms with Crippen LogP contribution in [0.15, 0.2) is 29.4 Å². The number of halogens is 1. The summed E-state index contributed by atoms with van der Waals surface area (Å²) < 4.78 is 10.7. The van der Waals surface area contributed by atoms with Crippen LogP contribution in [0.25, 0.3) is 22.2 Å². The molecule has 0 atom stereocenters. The summed E-state index contributed by atoms with van der Waals surface area (Å²) in [6.07, 6.45) is 0. The highest BCUT2D eigenvalue weighted by Gasteiger charge is 2.20. The Bertz CT molecular complexity index is 983. The highest BCUT2D eigenvalue weighted by Crippen LogP contribution is 2.39. The summed E-state index contributed by atoms with van der Waals surface area (Å²) in [6, 6.07) is 8.03. The first-order valence-electron chi connectivity index (χ1n) is 8.11. The molecule has 0 fully saturated rings. The number of hydrogen-bond acceptors (Lipinski definition) is 7. The minimum atomic E-state index is 0.176. The van der Waals surface area contributed by atoms with Crippen molar-refractivity contribution in [1.29, 1.82) is 0 Å². The number of ether oxygens (including phenoxy) is 2. The SMILES string of the molecule is COCCSc1nc(N)nc(-c2c(Cl)cc3c4c(cccc24)COC3)n1. The van der Waals surface area contributed by atoms with Crippen molar-refractivity contribution < 1.29 is 9.47 Å². The lowest BCUT2D eigenvalue weighted by Gasteiger charge is -2.20. The van der Waals surface area contributed by atoms with Crippen LogP contribution < -0.4 is 5.73 Å². The molecule has 4 rings (SSSR count). The van der Waals surface area contributed by atoms with Crippen LogP contribution in [0, 0.1) is 0 Å². The van der Waals surface area contributed by atoms with Gasteiger partial charge in [0, 0.05) is 18.4 Å². The highest BCUT2D eigenvalue weighted by molar-refractivity contribution is 7.99. The van der Waals surface area contributed by atoms with Crippen molar-refractivity contribution in [3.63, 3.8) is 0 Å². The maximum Gasteiger partial charge on any atom is 0.224 e. The Morgan fingerprint density at radius 3 is 2.92 bits per heavy atom. The Morgan fingerprint density at radius 1 is 1.23 bits per heavy atom. The molecule has 2 heterocycles. The predicted octanol–water partition coefficient (Wildman–Crippen LogP) is 3.70. The van der Waals surface area contributed by atoms with Crippen LogP contribution in [0.1, 0.15) is 11.1 Å². The zero-order chi connectivity index (χ0) is 18.1. The Morgan fingerprint density at radius 2 is 2.08 bits per heavy atom. The third kappa shape index (κ3) is 3.23. The minimum absolute atomic E-state index is 0.176. The molecule has 1 aromatic heterocycles. The normalized spacial score (nSPS) is 13.3. The number of anilines is 1. The van der Waals surface area contributed by atoms with Crippen molar-refractivity contribution in [2.45, 2.75) is 18.4 Å². The van der Waals surface area contributed by atoms with Crippen molar-refractivity contribution in [3.8, 4) is 11.4 Å². The molecule has 0 saturated heterocycles. The molecule has 1 aliphatic rings. The van der Waals surface area contributed by atoms with E-state index in [-0.39, 0.29) is 5.95 Å². The Kier molecular flexibility index (Phi) is 4.95. The van der Waals surface area contributed by atoms with Gasteiger partial charge in [0.05, 0.1) is 24.8 Å². The van der Waals surface area contributed by atoms with Crippen molar-refractivity contribution in [2.75, 3.05) is 25.2 Å². The van der Waals surface area contributed by atoms with Crippen LogP contribution in [-0.4, -0.2) is 34.4 Å². The van der Waals surface area contributed by atoms with Gasteiger partial charge < -0.3 is 15.2 Å². The number of hydrogen-bond donors (Lipinski definition) is 1. The van der Waals surface area contributed by atoms with Crippen LogP contribution in [0.5, 0.6) is 0 Å². The monoisotopic (exact) mass is 388 g/mol. The molecule has 26 heavy (non-hydrogen) atoms. The Balaban J connectivity index is 1.87. The summed E-state index contributed by atoms with van der Waals surface area (Å²) in [4.78, 5) is 13.1. The lowest BCUT2D eigenvalue weighted by Crippen LogP contribution is -2.07. The predicted molar refractivity (Wildman–Crippen MR) is 103 cm³/mol. The van der Waals surface area contributed by atoms with Gasteiger partial charge in [-0.25, -0.2) is 4.98 Å².